The third-order valence-electron chi connectivity index (χ3n) is 6.81. The Labute approximate surface area is 223 Å². The summed E-state index contributed by atoms with van der Waals surface area (Å²) in [6.07, 6.45) is 0.512. The molecule has 2 aliphatic rings. The normalized spacial score (nSPS) is 17.7. The molecule has 0 unspecified atom stereocenters. The Hall–Kier alpha value is -3.47. The topological polar surface area (TPSA) is 93.1 Å². The Bertz CT molecular complexity index is 1120. The van der Waals surface area contributed by atoms with Gasteiger partial charge in [-0.25, -0.2) is 5.01 Å². The Morgan fingerprint density at radius 1 is 1.05 bits per heavy atom. The van der Waals surface area contributed by atoms with Gasteiger partial charge in [0.15, 0.2) is 0 Å². The Morgan fingerprint density at radius 2 is 1.82 bits per heavy atom. The van der Waals surface area contributed by atoms with Crippen molar-refractivity contribution in [1.29, 1.82) is 0 Å². The minimum Gasteiger partial charge on any atom is -0.497 e. The third-order valence-corrected chi connectivity index (χ3v) is 6.81. The summed E-state index contributed by atoms with van der Waals surface area (Å²) in [4.78, 5) is 30.4. The minimum absolute atomic E-state index is 0.0872. The number of carbonyl (C=O) groups excluding carboxylic acids is 2. The number of hydrogen-bond acceptors (Lipinski definition) is 8. The van der Waals surface area contributed by atoms with E-state index in [0.717, 1.165) is 29.9 Å². The van der Waals surface area contributed by atoms with Crippen LogP contribution in [0, 0.1) is 0 Å². The van der Waals surface area contributed by atoms with Crippen LogP contribution in [0.2, 0.25) is 0 Å². The molecule has 0 aliphatic carbocycles. The van der Waals surface area contributed by atoms with Gasteiger partial charge in [0.05, 0.1) is 39.2 Å². The average molecular weight is 525 g/mol. The second-order valence-corrected chi connectivity index (χ2v) is 9.18. The molecule has 0 radical (unpaired) electrons. The SMILES string of the molecule is COCC(=O)N(CCN1CCOCC1)CC(=O)N1N=C(c2ccc(OC)cc2OC)C[C@H]1c1ccccc1. The number of benzene rings is 2. The maximum absolute atomic E-state index is 13.7. The number of hydrogen-bond donors (Lipinski definition) is 0. The first-order valence-corrected chi connectivity index (χ1v) is 12.8. The van der Waals surface area contributed by atoms with Crippen LogP contribution in [0.5, 0.6) is 11.5 Å². The van der Waals surface area contributed by atoms with Crippen LogP contribution in [0.25, 0.3) is 0 Å². The lowest BCUT2D eigenvalue weighted by Gasteiger charge is -2.31. The second kappa shape index (κ2) is 13.4. The Morgan fingerprint density at radius 3 is 2.50 bits per heavy atom. The average Bonchev–Trinajstić information content (AvgIpc) is 3.41. The molecular weight excluding hydrogens is 488 g/mol. The molecule has 2 heterocycles. The smallest absolute Gasteiger partial charge is 0.262 e. The van der Waals surface area contributed by atoms with Crippen molar-refractivity contribution in [1.82, 2.24) is 14.8 Å². The van der Waals surface area contributed by atoms with E-state index in [4.69, 9.17) is 24.0 Å². The fourth-order valence-corrected chi connectivity index (χ4v) is 4.70. The van der Waals surface area contributed by atoms with Crippen LogP contribution in [-0.4, -0.2) is 106 Å². The monoisotopic (exact) mass is 524 g/mol. The Kier molecular flexibility index (Phi) is 9.69. The van der Waals surface area contributed by atoms with Gasteiger partial charge in [0.25, 0.3) is 5.91 Å². The zero-order valence-electron chi connectivity index (χ0n) is 22.3. The summed E-state index contributed by atoms with van der Waals surface area (Å²) in [6.45, 7) is 3.85. The molecule has 0 aromatic heterocycles. The molecule has 38 heavy (non-hydrogen) atoms. The van der Waals surface area contributed by atoms with E-state index in [9.17, 15) is 9.59 Å². The molecule has 1 saturated heterocycles. The maximum atomic E-state index is 13.7. The van der Waals surface area contributed by atoms with Gasteiger partial charge in [-0.2, -0.15) is 5.10 Å². The van der Waals surface area contributed by atoms with Crippen molar-refractivity contribution in [2.24, 2.45) is 5.10 Å². The molecule has 0 spiro atoms. The summed E-state index contributed by atoms with van der Waals surface area (Å²) in [7, 11) is 4.67. The van der Waals surface area contributed by atoms with E-state index in [1.54, 1.807) is 25.2 Å². The molecule has 2 amide bonds. The number of methoxy groups -OCH3 is 3. The van der Waals surface area contributed by atoms with Gasteiger partial charge in [-0.15, -0.1) is 0 Å². The van der Waals surface area contributed by atoms with E-state index in [2.05, 4.69) is 4.90 Å². The fraction of sp³-hybridized carbons (Fsp3) is 0.464. The summed E-state index contributed by atoms with van der Waals surface area (Å²) in [5.74, 6) is 0.800. The van der Waals surface area contributed by atoms with Crippen LogP contribution in [-0.2, 0) is 19.1 Å². The van der Waals surface area contributed by atoms with Crippen LogP contribution < -0.4 is 9.47 Å². The lowest BCUT2D eigenvalue weighted by atomic mass is 9.98. The van der Waals surface area contributed by atoms with Gasteiger partial charge >= 0.3 is 0 Å². The minimum atomic E-state index is -0.302. The zero-order valence-corrected chi connectivity index (χ0v) is 22.3. The van der Waals surface area contributed by atoms with E-state index in [1.165, 1.54) is 12.1 Å². The molecule has 0 saturated carbocycles. The number of rotatable bonds is 11. The standard InChI is InChI=1S/C28H36N4O6/c1-35-20-28(34)31(12-11-30-13-15-38-16-14-30)19-27(33)32-25(21-7-5-4-6-8-21)18-24(29-32)23-10-9-22(36-2)17-26(23)37-3/h4-10,17,25H,11-16,18-20H2,1-3H3/t25-/m0/s1. The highest BCUT2D eigenvalue weighted by molar-refractivity contribution is 6.05. The first-order chi connectivity index (χ1) is 18.5. The van der Waals surface area contributed by atoms with Crippen molar-refractivity contribution >= 4 is 17.5 Å². The number of morpholine rings is 1. The van der Waals surface area contributed by atoms with Crippen molar-refractivity contribution in [3.8, 4) is 11.5 Å². The lowest BCUT2D eigenvalue weighted by molar-refractivity contribution is -0.143. The molecule has 4 rings (SSSR count). The predicted molar refractivity (Wildman–Crippen MR) is 142 cm³/mol. The van der Waals surface area contributed by atoms with E-state index in [1.807, 2.05) is 42.5 Å². The first kappa shape index (κ1) is 27.6. The van der Waals surface area contributed by atoms with Crippen LogP contribution in [0.15, 0.2) is 53.6 Å². The zero-order chi connectivity index (χ0) is 26.9. The number of ether oxygens (including phenoxy) is 4. The van der Waals surface area contributed by atoms with E-state index < -0.39 is 0 Å². The summed E-state index contributed by atoms with van der Waals surface area (Å²) < 4.78 is 21.5. The maximum Gasteiger partial charge on any atom is 0.262 e. The molecule has 10 nitrogen and oxygen atoms in total. The number of amides is 2. The van der Waals surface area contributed by atoms with E-state index in [0.29, 0.717) is 44.2 Å². The van der Waals surface area contributed by atoms with Crippen molar-refractivity contribution in [3.63, 3.8) is 0 Å². The summed E-state index contributed by atoms with van der Waals surface area (Å²) >= 11 is 0. The predicted octanol–water partition coefficient (Wildman–Crippen LogP) is 2.19. The van der Waals surface area contributed by atoms with Gasteiger partial charge in [0.1, 0.15) is 24.7 Å². The van der Waals surface area contributed by atoms with Crippen molar-refractivity contribution in [3.05, 3.63) is 59.7 Å². The van der Waals surface area contributed by atoms with Gasteiger partial charge in [-0.3, -0.25) is 14.5 Å². The van der Waals surface area contributed by atoms with Crippen molar-refractivity contribution in [2.45, 2.75) is 12.5 Å². The highest BCUT2D eigenvalue weighted by Crippen LogP contribution is 2.36. The Balaban J connectivity index is 1.58. The molecule has 1 fully saturated rings. The van der Waals surface area contributed by atoms with Crippen LogP contribution in [0.1, 0.15) is 23.6 Å². The molecule has 2 aromatic rings. The molecular formula is C28H36N4O6. The lowest BCUT2D eigenvalue weighted by Crippen LogP contribution is -2.47. The van der Waals surface area contributed by atoms with Crippen molar-refractivity contribution in [2.75, 3.05) is 73.9 Å². The third kappa shape index (κ3) is 6.69. The van der Waals surface area contributed by atoms with Gasteiger partial charge in [-0.05, 0) is 17.7 Å². The highest BCUT2D eigenvalue weighted by Gasteiger charge is 2.35. The fourth-order valence-electron chi connectivity index (χ4n) is 4.70. The van der Waals surface area contributed by atoms with Gasteiger partial charge in [-0.1, -0.05) is 30.3 Å². The van der Waals surface area contributed by atoms with E-state index >= 15 is 0 Å². The number of carbonyl (C=O) groups is 2. The highest BCUT2D eigenvalue weighted by atomic mass is 16.5. The second-order valence-electron chi connectivity index (χ2n) is 9.18. The number of nitrogens with zero attached hydrogens (tertiary/aromatic N) is 4. The van der Waals surface area contributed by atoms with E-state index in [-0.39, 0.29) is 31.0 Å². The van der Waals surface area contributed by atoms with Crippen LogP contribution in [0.3, 0.4) is 0 Å². The van der Waals surface area contributed by atoms with Crippen LogP contribution >= 0.6 is 0 Å². The molecule has 2 aliphatic heterocycles. The van der Waals surface area contributed by atoms with Crippen molar-refractivity contribution < 1.29 is 28.5 Å². The quantitative estimate of drug-likeness (QED) is 0.445. The summed E-state index contributed by atoms with van der Waals surface area (Å²) in [5, 5.41) is 6.28. The number of hydrazone groups is 1. The summed E-state index contributed by atoms with van der Waals surface area (Å²) in [5.41, 5.74) is 2.49. The largest absolute Gasteiger partial charge is 0.497 e. The molecule has 1 atom stereocenters. The molecule has 2 aromatic carbocycles. The molecule has 10 heteroatoms. The molecule has 204 valence electrons. The molecule has 0 N–H and O–H groups in total. The van der Waals surface area contributed by atoms with Gasteiger partial charge < -0.3 is 23.8 Å². The van der Waals surface area contributed by atoms with Crippen LogP contribution in [0.4, 0.5) is 0 Å². The first-order valence-electron chi connectivity index (χ1n) is 12.8. The van der Waals surface area contributed by atoms with Gasteiger partial charge in [0, 0.05) is 51.3 Å². The van der Waals surface area contributed by atoms with Gasteiger partial charge in [0.2, 0.25) is 5.91 Å². The summed E-state index contributed by atoms with van der Waals surface area (Å²) in [6, 6.07) is 15.0. The molecule has 0 bridgehead atoms.